The van der Waals surface area contributed by atoms with Gasteiger partial charge in [0.2, 0.25) is 0 Å². The first-order valence-electron chi connectivity index (χ1n) is 4.48. The summed E-state index contributed by atoms with van der Waals surface area (Å²) in [5, 5.41) is 0. The van der Waals surface area contributed by atoms with Gasteiger partial charge in [0.15, 0.2) is 12.1 Å². The van der Waals surface area contributed by atoms with Gasteiger partial charge in [0.1, 0.15) is 5.69 Å². The predicted octanol–water partition coefficient (Wildman–Crippen LogP) is 2.70. The fraction of sp³-hybridized carbons (Fsp3) is 0. The molecule has 0 radical (unpaired) electrons. The fourth-order valence-corrected chi connectivity index (χ4v) is 1.35. The van der Waals surface area contributed by atoms with Crippen LogP contribution in [0.4, 0.5) is 4.39 Å². The van der Waals surface area contributed by atoms with Gasteiger partial charge < -0.3 is 0 Å². The normalized spacial score (nSPS) is 9.93. The van der Waals surface area contributed by atoms with E-state index in [1.165, 1.54) is 12.3 Å². The number of aromatic nitrogens is 1. The maximum atomic E-state index is 13.7. The molecule has 0 saturated heterocycles. The first-order valence-corrected chi connectivity index (χ1v) is 4.48. The third-order valence-electron chi connectivity index (χ3n) is 2.09. The van der Waals surface area contributed by atoms with Crippen LogP contribution in [0.25, 0.3) is 11.3 Å². The maximum absolute atomic E-state index is 13.7. The zero-order valence-corrected chi connectivity index (χ0v) is 7.85. The number of pyridine rings is 1. The minimum Gasteiger partial charge on any atom is -0.298 e. The number of hydrogen-bond donors (Lipinski definition) is 0. The van der Waals surface area contributed by atoms with Crippen LogP contribution in [0.3, 0.4) is 0 Å². The topological polar surface area (TPSA) is 30.0 Å². The molecule has 0 fully saturated rings. The Bertz CT molecular complexity index is 482. The summed E-state index contributed by atoms with van der Waals surface area (Å²) in [4.78, 5) is 14.5. The SMILES string of the molecule is O=Cc1ccnc(-c2ccccc2)c1F. The molecule has 0 aliphatic rings. The molecule has 0 saturated carbocycles. The van der Waals surface area contributed by atoms with Crippen LogP contribution >= 0.6 is 0 Å². The molecule has 3 heteroatoms. The van der Waals surface area contributed by atoms with Gasteiger partial charge >= 0.3 is 0 Å². The van der Waals surface area contributed by atoms with Gasteiger partial charge in [-0.25, -0.2) is 4.39 Å². The van der Waals surface area contributed by atoms with Crippen molar-refractivity contribution in [3.05, 3.63) is 54.0 Å². The summed E-state index contributed by atoms with van der Waals surface area (Å²) in [6.07, 6.45) is 1.92. The van der Waals surface area contributed by atoms with Crippen molar-refractivity contribution in [1.82, 2.24) is 4.98 Å². The summed E-state index contributed by atoms with van der Waals surface area (Å²) in [6.45, 7) is 0. The van der Waals surface area contributed by atoms with E-state index in [4.69, 9.17) is 0 Å². The molecule has 2 aromatic rings. The van der Waals surface area contributed by atoms with Crippen LogP contribution in [-0.4, -0.2) is 11.3 Å². The standard InChI is InChI=1S/C12H8FNO/c13-11-10(8-15)6-7-14-12(11)9-4-2-1-3-5-9/h1-8H. The molecule has 0 aliphatic heterocycles. The average Bonchev–Trinajstić information content (AvgIpc) is 2.30. The Morgan fingerprint density at radius 3 is 2.53 bits per heavy atom. The average molecular weight is 201 g/mol. The number of halogens is 1. The fourth-order valence-electron chi connectivity index (χ4n) is 1.35. The summed E-state index contributed by atoms with van der Waals surface area (Å²) < 4.78 is 13.7. The molecule has 1 heterocycles. The lowest BCUT2D eigenvalue weighted by Crippen LogP contribution is -1.94. The van der Waals surface area contributed by atoms with E-state index in [0.29, 0.717) is 11.8 Å². The predicted molar refractivity (Wildman–Crippen MR) is 55.0 cm³/mol. The lowest BCUT2D eigenvalue weighted by Gasteiger charge is -2.02. The van der Waals surface area contributed by atoms with E-state index in [1.807, 2.05) is 6.07 Å². The molecule has 0 bridgehead atoms. The highest BCUT2D eigenvalue weighted by Gasteiger charge is 2.09. The molecule has 0 spiro atoms. The summed E-state index contributed by atoms with van der Waals surface area (Å²) >= 11 is 0. The van der Waals surface area contributed by atoms with Crippen LogP contribution in [-0.2, 0) is 0 Å². The van der Waals surface area contributed by atoms with Crippen LogP contribution in [0, 0.1) is 5.82 Å². The van der Waals surface area contributed by atoms with E-state index in [-0.39, 0.29) is 11.3 Å². The summed E-state index contributed by atoms with van der Waals surface area (Å²) in [5.74, 6) is -0.571. The molecule has 1 aromatic carbocycles. The first-order chi connectivity index (χ1) is 7.33. The first kappa shape index (κ1) is 9.52. The van der Waals surface area contributed by atoms with Crippen molar-refractivity contribution in [2.24, 2.45) is 0 Å². The number of carbonyl (C=O) groups excluding carboxylic acids is 1. The van der Waals surface area contributed by atoms with Gasteiger partial charge in [0.25, 0.3) is 0 Å². The van der Waals surface area contributed by atoms with Crippen LogP contribution in [0.2, 0.25) is 0 Å². The summed E-state index contributed by atoms with van der Waals surface area (Å²) in [6, 6.07) is 10.3. The van der Waals surface area contributed by atoms with Crippen LogP contribution in [0.5, 0.6) is 0 Å². The third-order valence-corrected chi connectivity index (χ3v) is 2.09. The Morgan fingerprint density at radius 2 is 1.87 bits per heavy atom. The van der Waals surface area contributed by atoms with Crippen molar-refractivity contribution in [1.29, 1.82) is 0 Å². The quantitative estimate of drug-likeness (QED) is 0.699. The highest BCUT2D eigenvalue weighted by molar-refractivity contribution is 5.78. The zero-order chi connectivity index (χ0) is 10.7. The molecule has 74 valence electrons. The number of rotatable bonds is 2. The highest BCUT2D eigenvalue weighted by Crippen LogP contribution is 2.21. The van der Waals surface area contributed by atoms with Crippen molar-refractivity contribution in [3.63, 3.8) is 0 Å². The van der Waals surface area contributed by atoms with Crippen molar-refractivity contribution in [3.8, 4) is 11.3 Å². The van der Waals surface area contributed by atoms with Crippen LogP contribution in [0.1, 0.15) is 10.4 Å². The van der Waals surface area contributed by atoms with Crippen molar-refractivity contribution < 1.29 is 9.18 Å². The number of aldehydes is 1. The van der Waals surface area contributed by atoms with Gasteiger partial charge in [-0.05, 0) is 6.07 Å². The van der Waals surface area contributed by atoms with E-state index < -0.39 is 5.82 Å². The molecular formula is C12H8FNO. The molecule has 0 unspecified atom stereocenters. The van der Waals surface area contributed by atoms with Crippen molar-refractivity contribution in [2.75, 3.05) is 0 Å². The lowest BCUT2D eigenvalue weighted by atomic mass is 10.1. The molecule has 2 rings (SSSR count). The highest BCUT2D eigenvalue weighted by atomic mass is 19.1. The van der Waals surface area contributed by atoms with E-state index in [9.17, 15) is 9.18 Å². The molecule has 1 aromatic heterocycles. The molecule has 0 amide bonds. The molecule has 0 aliphatic carbocycles. The monoisotopic (exact) mass is 201 g/mol. The summed E-state index contributed by atoms with van der Waals surface area (Å²) in [7, 11) is 0. The molecule has 15 heavy (non-hydrogen) atoms. The molecular weight excluding hydrogens is 193 g/mol. The van der Waals surface area contributed by atoms with Gasteiger partial charge in [-0.3, -0.25) is 9.78 Å². The van der Waals surface area contributed by atoms with Gasteiger partial charge in [-0.2, -0.15) is 0 Å². The second-order valence-electron chi connectivity index (χ2n) is 3.05. The maximum Gasteiger partial charge on any atom is 0.159 e. The van der Waals surface area contributed by atoms with Gasteiger partial charge in [0.05, 0.1) is 5.56 Å². The van der Waals surface area contributed by atoms with Gasteiger partial charge in [-0.15, -0.1) is 0 Å². The van der Waals surface area contributed by atoms with E-state index in [1.54, 1.807) is 24.3 Å². The van der Waals surface area contributed by atoms with E-state index >= 15 is 0 Å². The molecule has 0 atom stereocenters. The number of nitrogens with zero attached hydrogens (tertiary/aromatic N) is 1. The third kappa shape index (κ3) is 1.76. The van der Waals surface area contributed by atoms with Crippen LogP contribution in [0.15, 0.2) is 42.6 Å². The Morgan fingerprint density at radius 1 is 1.13 bits per heavy atom. The Kier molecular flexibility index (Phi) is 2.54. The van der Waals surface area contributed by atoms with Crippen molar-refractivity contribution in [2.45, 2.75) is 0 Å². The zero-order valence-electron chi connectivity index (χ0n) is 7.85. The minimum absolute atomic E-state index is 0.0313. The Balaban J connectivity index is 2.59. The Labute approximate surface area is 86.4 Å². The molecule has 0 N–H and O–H groups in total. The second-order valence-corrected chi connectivity index (χ2v) is 3.05. The number of benzene rings is 1. The van der Waals surface area contributed by atoms with E-state index in [0.717, 1.165) is 0 Å². The largest absolute Gasteiger partial charge is 0.298 e. The van der Waals surface area contributed by atoms with E-state index in [2.05, 4.69) is 4.98 Å². The van der Waals surface area contributed by atoms with Crippen molar-refractivity contribution >= 4 is 6.29 Å². The minimum atomic E-state index is -0.571. The summed E-state index contributed by atoms with van der Waals surface area (Å²) in [5.41, 5.74) is 0.905. The Hall–Kier alpha value is -2.03. The van der Waals surface area contributed by atoms with Crippen LogP contribution < -0.4 is 0 Å². The number of hydrogen-bond acceptors (Lipinski definition) is 2. The van der Waals surface area contributed by atoms with Gasteiger partial charge in [0, 0.05) is 11.8 Å². The lowest BCUT2D eigenvalue weighted by molar-refractivity contribution is 0.112. The van der Waals surface area contributed by atoms with Gasteiger partial charge in [-0.1, -0.05) is 30.3 Å². The number of carbonyl (C=O) groups is 1. The molecule has 2 nitrogen and oxygen atoms in total. The second kappa shape index (κ2) is 4.00. The smallest absolute Gasteiger partial charge is 0.159 e.